The quantitative estimate of drug-likeness (QED) is 0.600. The lowest BCUT2D eigenvalue weighted by Crippen LogP contribution is -2.28. The van der Waals surface area contributed by atoms with E-state index in [1.54, 1.807) is 11.5 Å². The summed E-state index contributed by atoms with van der Waals surface area (Å²) in [6.07, 6.45) is 5.83. The fourth-order valence-corrected chi connectivity index (χ4v) is 5.39. The summed E-state index contributed by atoms with van der Waals surface area (Å²) in [4.78, 5) is 1.33. The van der Waals surface area contributed by atoms with Crippen LogP contribution in [0.4, 0.5) is 0 Å². The predicted molar refractivity (Wildman–Crippen MR) is 97.9 cm³/mol. The number of fused-ring (bicyclic) bond motifs is 1. The van der Waals surface area contributed by atoms with Gasteiger partial charge in [-0.3, -0.25) is 0 Å². The molecule has 0 N–H and O–H groups in total. The molecule has 2 aromatic carbocycles. The van der Waals surface area contributed by atoms with Crippen LogP contribution in [0, 0.1) is 11.3 Å². The van der Waals surface area contributed by atoms with Crippen LogP contribution in [0.2, 0.25) is 0 Å². The van der Waals surface area contributed by atoms with Crippen molar-refractivity contribution in [2.24, 2.45) is 0 Å². The van der Waals surface area contributed by atoms with E-state index in [0.717, 1.165) is 0 Å². The lowest BCUT2D eigenvalue weighted by atomic mass is 9.86. The zero-order valence-corrected chi connectivity index (χ0v) is 14.5. The average molecular weight is 336 g/mol. The normalized spacial score (nSPS) is 16.0. The Hall–Kier alpha value is -1.83. The van der Waals surface area contributed by atoms with Gasteiger partial charge in [0.25, 0.3) is 0 Å². The molecule has 3 aromatic rings. The second-order valence-corrected chi connectivity index (χ2v) is 8.71. The van der Waals surface area contributed by atoms with Gasteiger partial charge in [-0.05, 0) is 48.1 Å². The minimum absolute atomic E-state index is 0.361. The molecule has 1 aliphatic rings. The van der Waals surface area contributed by atoms with Gasteiger partial charge in [0, 0.05) is 26.8 Å². The molecule has 1 aromatic heterocycles. The summed E-state index contributed by atoms with van der Waals surface area (Å²) >= 11 is 3.55. The van der Waals surface area contributed by atoms with Crippen LogP contribution in [0.25, 0.3) is 21.2 Å². The molecule has 0 spiro atoms. The molecule has 0 radical (unpaired) electrons. The monoisotopic (exact) mass is 336 g/mol. The number of hydrogen-bond donors (Lipinski definition) is 0. The summed E-state index contributed by atoms with van der Waals surface area (Å²) in [5.41, 5.74) is 3.14. The maximum absolute atomic E-state index is 9.02. The summed E-state index contributed by atoms with van der Waals surface area (Å²) in [5.74, 6) is 0. The standard InChI is InChI=1S/C19H16N2S2/c1-19(9-2-10-19)22-16-8-7-15-12-21-23-18(15)17(16)14-5-3-13(11-20)4-6-14/h3-8,12H,2,9-10H2,1H3. The van der Waals surface area contributed by atoms with Crippen molar-refractivity contribution in [1.29, 1.82) is 5.26 Å². The van der Waals surface area contributed by atoms with Gasteiger partial charge in [-0.15, -0.1) is 11.8 Å². The van der Waals surface area contributed by atoms with Gasteiger partial charge in [0.2, 0.25) is 0 Å². The molecule has 0 aliphatic heterocycles. The third-order valence-corrected chi connectivity index (χ3v) is 6.85. The molecule has 1 heterocycles. The maximum Gasteiger partial charge on any atom is 0.0991 e. The number of aromatic nitrogens is 1. The van der Waals surface area contributed by atoms with Crippen molar-refractivity contribution in [3.05, 3.63) is 48.2 Å². The topological polar surface area (TPSA) is 36.7 Å². The van der Waals surface area contributed by atoms with Gasteiger partial charge in [-0.25, -0.2) is 0 Å². The second kappa shape index (κ2) is 5.67. The minimum atomic E-state index is 0.361. The van der Waals surface area contributed by atoms with E-state index in [4.69, 9.17) is 5.26 Å². The number of nitriles is 1. The predicted octanol–water partition coefficient (Wildman–Crippen LogP) is 5.87. The van der Waals surface area contributed by atoms with E-state index < -0.39 is 0 Å². The summed E-state index contributed by atoms with van der Waals surface area (Å²) in [6, 6.07) is 14.5. The number of nitrogens with zero attached hydrogens (tertiary/aromatic N) is 2. The molecule has 23 heavy (non-hydrogen) atoms. The van der Waals surface area contributed by atoms with Gasteiger partial charge in [0.1, 0.15) is 0 Å². The third-order valence-electron chi connectivity index (χ3n) is 4.56. The Morgan fingerprint density at radius 1 is 1.17 bits per heavy atom. The molecule has 1 saturated carbocycles. The Balaban J connectivity index is 1.87. The van der Waals surface area contributed by atoms with Crippen LogP contribution in [-0.4, -0.2) is 9.12 Å². The van der Waals surface area contributed by atoms with Crippen molar-refractivity contribution < 1.29 is 0 Å². The smallest absolute Gasteiger partial charge is 0.0991 e. The fraction of sp³-hybridized carbons (Fsp3) is 0.263. The van der Waals surface area contributed by atoms with E-state index >= 15 is 0 Å². The van der Waals surface area contributed by atoms with Crippen molar-refractivity contribution in [2.75, 3.05) is 0 Å². The maximum atomic E-state index is 9.02. The summed E-state index contributed by atoms with van der Waals surface area (Å²) in [7, 11) is 0. The summed E-state index contributed by atoms with van der Waals surface area (Å²) in [6.45, 7) is 2.36. The molecular weight excluding hydrogens is 320 g/mol. The molecule has 2 nitrogen and oxygen atoms in total. The van der Waals surface area contributed by atoms with Crippen molar-refractivity contribution in [3.8, 4) is 17.2 Å². The number of benzene rings is 2. The zero-order valence-electron chi connectivity index (χ0n) is 12.9. The molecule has 4 heteroatoms. The number of hydrogen-bond acceptors (Lipinski definition) is 4. The van der Waals surface area contributed by atoms with Gasteiger partial charge in [-0.2, -0.15) is 9.64 Å². The Kier molecular flexibility index (Phi) is 3.63. The van der Waals surface area contributed by atoms with E-state index in [9.17, 15) is 0 Å². The van der Waals surface area contributed by atoms with Crippen LogP contribution < -0.4 is 0 Å². The first-order valence-electron chi connectivity index (χ1n) is 7.75. The first-order chi connectivity index (χ1) is 11.2. The van der Waals surface area contributed by atoms with Crippen LogP contribution in [0.15, 0.2) is 47.5 Å². The highest BCUT2D eigenvalue weighted by Crippen LogP contribution is 2.51. The minimum Gasteiger partial charge on any atom is -0.200 e. The van der Waals surface area contributed by atoms with E-state index in [2.05, 4.69) is 41.6 Å². The molecule has 4 rings (SSSR count). The van der Waals surface area contributed by atoms with Crippen molar-refractivity contribution in [3.63, 3.8) is 0 Å². The third kappa shape index (κ3) is 2.65. The van der Waals surface area contributed by atoms with Gasteiger partial charge < -0.3 is 0 Å². The molecule has 0 unspecified atom stereocenters. The van der Waals surface area contributed by atoms with E-state index in [-0.39, 0.29) is 0 Å². The molecule has 1 aliphatic carbocycles. The molecule has 1 fully saturated rings. The summed E-state index contributed by atoms with van der Waals surface area (Å²) < 4.78 is 5.97. The highest BCUT2D eigenvalue weighted by molar-refractivity contribution is 8.00. The highest BCUT2D eigenvalue weighted by Gasteiger charge is 2.33. The van der Waals surface area contributed by atoms with Crippen LogP contribution in [0.1, 0.15) is 31.7 Å². The molecule has 0 saturated heterocycles. The number of rotatable bonds is 3. The lowest BCUT2D eigenvalue weighted by molar-refractivity contribution is 0.392. The van der Waals surface area contributed by atoms with E-state index in [1.807, 2.05) is 30.1 Å². The van der Waals surface area contributed by atoms with Gasteiger partial charge >= 0.3 is 0 Å². The average Bonchev–Trinajstić information content (AvgIpc) is 3.02. The Morgan fingerprint density at radius 2 is 1.96 bits per heavy atom. The van der Waals surface area contributed by atoms with Gasteiger partial charge in [0.05, 0.1) is 16.3 Å². The highest BCUT2D eigenvalue weighted by atomic mass is 32.2. The SMILES string of the molecule is CC1(Sc2ccc3cnsc3c2-c2ccc(C#N)cc2)CCC1. The van der Waals surface area contributed by atoms with Crippen LogP contribution in [0.5, 0.6) is 0 Å². The molecule has 0 atom stereocenters. The number of thioether (sulfide) groups is 1. The van der Waals surface area contributed by atoms with Crippen LogP contribution in [0.3, 0.4) is 0 Å². The summed E-state index contributed by atoms with van der Waals surface area (Å²) in [5, 5.41) is 10.2. The first kappa shape index (κ1) is 14.7. The van der Waals surface area contributed by atoms with Crippen molar-refractivity contribution in [1.82, 2.24) is 4.37 Å². The van der Waals surface area contributed by atoms with E-state index in [1.165, 1.54) is 45.4 Å². The molecule has 0 bridgehead atoms. The zero-order chi connectivity index (χ0) is 15.9. The molecule has 0 amide bonds. The lowest BCUT2D eigenvalue weighted by Gasteiger charge is -2.38. The Morgan fingerprint density at radius 3 is 2.61 bits per heavy atom. The second-order valence-electron chi connectivity index (χ2n) is 6.28. The fourth-order valence-electron chi connectivity index (χ4n) is 3.03. The Labute approximate surface area is 144 Å². The molecular formula is C19H16N2S2. The molecule has 114 valence electrons. The van der Waals surface area contributed by atoms with Crippen molar-refractivity contribution in [2.45, 2.75) is 35.8 Å². The van der Waals surface area contributed by atoms with Crippen LogP contribution >= 0.6 is 23.3 Å². The Bertz CT molecular complexity index is 899. The first-order valence-corrected chi connectivity index (χ1v) is 9.34. The largest absolute Gasteiger partial charge is 0.200 e. The van der Waals surface area contributed by atoms with Crippen molar-refractivity contribution >= 4 is 33.4 Å². The van der Waals surface area contributed by atoms with E-state index in [0.29, 0.717) is 10.3 Å². The van der Waals surface area contributed by atoms with Gasteiger partial charge in [0.15, 0.2) is 0 Å². The van der Waals surface area contributed by atoms with Gasteiger partial charge in [-0.1, -0.05) is 31.5 Å². The van der Waals surface area contributed by atoms with Crippen LogP contribution in [-0.2, 0) is 0 Å².